The SMILES string of the molecule is O=C(O)c1nc(NC(=O)C(F)(F)F)ncc1Br. The van der Waals surface area contributed by atoms with Gasteiger partial charge >= 0.3 is 18.1 Å². The summed E-state index contributed by atoms with van der Waals surface area (Å²) in [5, 5.41) is 9.96. The second-order valence-corrected chi connectivity index (χ2v) is 3.50. The molecule has 0 unspecified atom stereocenters. The zero-order chi connectivity index (χ0) is 13.2. The maximum atomic E-state index is 11.9. The molecule has 0 fully saturated rings. The molecule has 0 bridgehead atoms. The number of nitrogens with zero attached hydrogens (tertiary/aromatic N) is 2. The molecular weight excluding hydrogens is 311 g/mol. The van der Waals surface area contributed by atoms with Crippen LogP contribution < -0.4 is 5.32 Å². The molecule has 0 aromatic carbocycles. The molecule has 1 rings (SSSR count). The molecule has 0 saturated heterocycles. The van der Waals surface area contributed by atoms with Crippen molar-refractivity contribution in [1.29, 1.82) is 0 Å². The highest BCUT2D eigenvalue weighted by Gasteiger charge is 2.39. The van der Waals surface area contributed by atoms with E-state index in [1.54, 1.807) is 0 Å². The number of aromatic carboxylic acids is 1. The van der Waals surface area contributed by atoms with E-state index in [2.05, 4.69) is 25.9 Å². The molecule has 0 aliphatic carbocycles. The summed E-state index contributed by atoms with van der Waals surface area (Å²) >= 11 is 2.80. The number of carboxylic acid groups (broad SMARTS) is 1. The van der Waals surface area contributed by atoms with Crippen LogP contribution in [0.5, 0.6) is 0 Å². The fourth-order valence-corrected chi connectivity index (χ4v) is 1.11. The van der Waals surface area contributed by atoms with Gasteiger partial charge in [-0.05, 0) is 15.9 Å². The van der Waals surface area contributed by atoms with Crippen LogP contribution in [0.3, 0.4) is 0 Å². The van der Waals surface area contributed by atoms with Crippen molar-refractivity contribution in [3.8, 4) is 0 Å². The van der Waals surface area contributed by atoms with E-state index >= 15 is 0 Å². The van der Waals surface area contributed by atoms with E-state index in [0.717, 1.165) is 6.20 Å². The highest BCUT2D eigenvalue weighted by Crippen LogP contribution is 2.18. The van der Waals surface area contributed by atoms with E-state index in [-0.39, 0.29) is 4.47 Å². The summed E-state index contributed by atoms with van der Waals surface area (Å²) in [6.07, 6.45) is -4.18. The lowest BCUT2D eigenvalue weighted by molar-refractivity contribution is -0.167. The van der Waals surface area contributed by atoms with E-state index in [0.29, 0.717) is 0 Å². The van der Waals surface area contributed by atoms with Gasteiger partial charge in [-0.25, -0.2) is 14.8 Å². The third kappa shape index (κ3) is 3.37. The minimum Gasteiger partial charge on any atom is -0.476 e. The molecule has 0 aliphatic rings. The molecular formula is C7H3BrF3N3O3. The number of anilines is 1. The van der Waals surface area contributed by atoms with Crippen LogP contribution in [-0.2, 0) is 4.79 Å². The quantitative estimate of drug-likeness (QED) is 0.862. The van der Waals surface area contributed by atoms with Crippen LogP contribution in [0.1, 0.15) is 10.5 Å². The number of hydrogen-bond donors (Lipinski definition) is 2. The Morgan fingerprint density at radius 1 is 1.41 bits per heavy atom. The molecule has 92 valence electrons. The summed E-state index contributed by atoms with van der Waals surface area (Å²) in [7, 11) is 0. The number of carbonyl (C=O) groups excluding carboxylic acids is 1. The minimum atomic E-state index is -5.10. The van der Waals surface area contributed by atoms with Crippen LogP contribution in [-0.4, -0.2) is 33.1 Å². The molecule has 0 radical (unpaired) electrons. The van der Waals surface area contributed by atoms with Crippen LogP contribution in [0, 0.1) is 0 Å². The van der Waals surface area contributed by atoms with Gasteiger partial charge in [0.25, 0.3) is 0 Å². The van der Waals surface area contributed by atoms with E-state index in [1.165, 1.54) is 5.32 Å². The zero-order valence-corrected chi connectivity index (χ0v) is 9.33. The van der Waals surface area contributed by atoms with Gasteiger partial charge in [-0.2, -0.15) is 13.2 Å². The number of halogens is 4. The number of aromatic nitrogens is 2. The first-order valence-corrected chi connectivity index (χ1v) is 4.65. The van der Waals surface area contributed by atoms with Gasteiger partial charge in [0.15, 0.2) is 5.69 Å². The average Bonchev–Trinajstić information content (AvgIpc) is 2.19. The number of carbonyl (C=O) groups is 2. The van der Waals surface area contributed by atoms with Crippen molar-refractivity contribution in [2.75, 3.05) is 5.32 Å². The van der Waals surface area contributed by atoms with Crippen LogP contribution in [0.15, 0.2) is 10.7 Å². The summed E-state index contributed by atoms with van der Waals surface area (Å²) in [5.74, 6) is -4.49. The summed E-state index contributed by atoms with van der Waals surface area (Å²) in [6, 6.07) is 0. The fourth-order valence-electron chi connectivity index (χ4n) is 0.750. The standard InChI is InChI=1S/C7H3BrF3N3O3/c8-2-1-12-6(13-3(2)4(15)16)14-5(17)7(9,10)11/h1H,(H,15,16)(H,12,13,14,17). The molecule has 0 saturated carbocycles. The topological polar surface area (TPSA) is 92.2 Å². The maximum Gasteiger partial charge on any atom is 0.471 e. The molecule has 1 heterocycles. The lowest BCUT2D eigenvalue weighted by Gasteiger charge is -2.07. The lowest BCUT2D eigenvalue weighted by atomic mass is 10.4. The lowest BCUT2D eigenvalue weighted by Crippen LogP contribution is -2.31. The summed E-state index contributed by atoms with van der Waals surface area (Å²) in [6.45, 7) is 0. The largest absolute Gasteiger partial charge is 0.476 e. The van der Waals surface area contributed by atoms with Crippen molar-refractivity contribution >= 4 is 33.8 Å². The Hall–Kier alpha value is -1.71. The predicted molar refractivity (Wildman–Crippen MR) is 51.4 cm³/mol. The molecule has 17 heavy (non-hydrogen) atoms. The molecule has 0 aliphatic heterocycles. The number of hydrogen-bond acceptors (Lipinski definition) is 4. The van der Waals surface area contributed by atoms with Gasteiger partial charge in [-0.15, -0.1) is 0 Å². The third-order valence-electron chi connectivity index (χ3n) is 1.43. The Morgan fingerprint density at radius 2 is 2.00 bits per heavy atom. The van der Waals surface area contributed by atoms with Crippen molar-refractivity contribution in [2.24, 2.45) is 0 Å². The van der Waals surface area contributed by atoms with Crippen LogP contribution >= 0.6 is 15.9 Å². The van der Waals surface area contributed by atoms with Gasteiger partial charge in [-0.1, -0.05) is 0 Å². The Balaban J connectivity index is 2.98. The number of carboxylic acids is 1. The average molecular weight is 314 g/mol. The second-order valence-electron chi connectivity index (χ2n) is 2.65. The van der Waals surface area contributed by atoms with Gasteiger partial charge in [0, 0.05) is 6.20 Å². The summed E-state index contributed by atoms with van der Waals surface area (Å²) in [5.41, 5.74) is -0.558. The maximum absolute atomic E-state index is 11.9. The van der Waals surface area contributed by atoms with Crippen LogP contribution in [0.2, 0.25) is 0 Å². The summed E-state index contributed by atoms with van der Waals surface area (Å²) < 4.78 is 35.6. The molecule has 0 spiro atoms. The molecule has 10 heteroatoms. The van der Waals surface area contributed by atoms with Crippen molar-refractivity contribution in [2.45, 2.75) is 6.18 Å². The van der Waals surface area contributed by atoms with Crippen molar-refractivity contribution in [3.63, 3.8) is 0 Å². The summed E-state index contributed by atoms with van der Waals surface area (Å²) in [4.78, 5) is 27.7. The molecule has 1 aromatic heterocycles. The first kappa shape index (κ1) is 13.4. The molecule has 2 N–H and O–H groups in total. The van der Waals surface area contributed by atoms with Gasteiger partial charge in [0.2, 0.25) is 5.95 Å². The van der Waals surface area contributed by atoms with Crippen LogP contribution in [0.25, 0.3) is 0 Å². The molecule has 1 amide bonds. The minimum absolute atomic E-state index is 0.0185. The van der Waals surface area contributed by atoms with E-state index in [9.17, 15) is 22.8 Å². The molecule has 0 atom stereocenters. The van der Waals surface area contributed by atoms with Crippen molar-refractivity contribution in [1.82, 2.24) is 9.97 Å². The van der Waals surface area contributed by atoms with Gasteiger partial charge in [-0.3, -0.25) is 10.1 Å². The molecule has 1 aromatic rings. The fraction of sp³-hybridized carbons (Fsp3) is 0.143. The van der Waals surface area contributed by atoms with Crippen LogP contribution in [0.4, 0.5) is 19.1 Å². The van der Waals surface area contributed by atoms with Crippen molar-refractivity contribution in [3.05, 3.63) is 16.4 Å². The zero-order valence-electron chi connectivity index (χ0n) is 7.75. The number of amides is 1. The van der Waals surface area contributed by atoms with E-state index in [4.69, 9.17) is 5.11 Å². The third-order valence-corrected chi connectivity index (χ3v) is 2.01. The van der Waals surface area contributed by atoms with Crippen molar-refractivity contribution < 1.29 is 27.9 Å². The first-order chi connectivity index (χ1) is 7.71. The normalized spacial score (nSPS) is 11.1. The number of rotatable bonds is 2. The first-order valence-electron chi connectivity index (χ1n) is 3.86. The molecule has 6 nitrogen and oxygen atoms in total. The predicted octanol–water partition coefficient (Wildman–Crippen LogP) is 1.44. The smallest absolute Gasteiger partial charge is 0.471 e. The highest BCUT2D eigenvalue weighted by molar-refractivity contribution is 9.10. The van der Waals surface area contributed by atoms with Gasteiger partial charge in [0.05, 0.1) is 4.47 Å². The van der Waals surface area contributed by atoms with E-state index < -0.39 is 29.7 Å². The number of alkyl halides is 3. The Kier molecular flexibility index (Phi) is 3.66. The second kappa shape index (κ2) is 4.65. The number of nitrogens with one attached hydrogen (secondary N) is 1. The Bertz CT molecular complexity index is 477. The van der Waals surface area contributed by atoms with Gasteiger partial charge in [0.1, 0.15) is 0 Å². The van der Waals surface area contributed by atoms with Gasteiger partial charge < -0.3 is 5.11 Å². The van der Waals surface area contributed by atoms with E-state index in [1.807, 2.05) is 0 Å². The Labute approximate surface area is 100.0 Å². The monoisotopic (exact) mass is 313 g/mol. The Morgan fingerprint density at radius 3 is 2.47 bits per heavy atom. The highest BCUT2D eigenvalue weighted by atomic mass is 79.9.